The minimum Gasteiger partial charge on any atom is -0.476 e. The molecular formula is C18H17N5O5. The first-order valence-electron chi connectivity index (χ1n) is 8.35. The first-order chi connectivity index (χ1) is 13.5. The van der Waals surface area contributed by atoms with Crippen molar-refractivity contribution in [2.45, 2.75) is 6.54 Å². The molecule has 0 aliphatic rings. The predicted molar refractivity (Wildman–Crippen MR) is 99.6 cm³/mol. The van der Waals surface area contributed by atoms with Crippen molar-refractivity contribution in [2.24, 2.45) is 0 Å². The molecule has 3 rings (SSSR count). The summed E-state index contributed by atoms with van der Waals surface area (Å²) in [5.74, 6) is -1.31. The monoisotopic (exact) mass is 383 g/mol. The molecule has 0 unspecified atom stereocenters. The van der Waals surface area contributed by atoms with Crippen LogP contribution in [0.5, 0.6) is 0 Å². The van der Waals surface area contributed by atoms with Gasteiger partial charge in [0.25, 0.3) is 5.69 Å². The summed E-state index contributed by atoms with van der Waals surface area (Å²) in [6.45, 7) is 0.173. The van der Waals surface area contributed by atoms with E-state index < -0.39 is 10.9 Å². The molecule has 0 aliphatic carbocycles. The summed E-state index contributed by atoms with van der Waals surface area (Å²) < 4.78 is 0. The Hall–Kier alpha value is -3.79. The average Bonchev–Trinajstić information content (AvgIpc) is 3.14. The van der Waals surface area contributed by atoms with Crippen molar-refractivity contribution in [3.63, 3.8) is 0 Å². The number of nitrogens with zero attached hydrogens (tertiary/aromatic N) is 5. The molecule has 0 amide bonds. The number of carboxylic acids is 1. The van der Waals surface area contributed by atoms with E-state index in [4.69, 9.17) is 0 Å². The number of nitro groups is 1. The zero-order valence-electron chi connectivity index (χ0n) is 14.7. The number of nitro benzene ring substituents is 1. The van der Waals surface area contributed by atoms with Crippen LogP contribution >= 0.6 is 0 Å². The Kier molecular flexibility index (Phi) is 5.61. The molecule has 0 saturated carbocycles. The fourth-order valence-electron chi connectivity index (χ4n) is 2.73. The zero-order valence-corrected chi connectivity index (χ0v) is 14.7. The Morgan fingerprint density at radius 3 is 2.43 bits per heavy atom. The number of aromatic carboxylic acids is 1. The van der Waals surface area contributed by atoms with Crippen molar-refractivity contribution >= 4 is 17.5 Å². The topological polar surface area (TPSA) is 135 Å². The van der Waals surface area contributed by atoms with Crippen LogP contribution in [-0.4, -0.2) is 49.3 Å². The molecule has 144 valence electrons. The molecule has 0 spiro atoms. The summed E-state index contributed by atoms with van der Waals surface area (Å²) in [7, 11) is 0. The first kappa shape index (κ1) is 19.0. The van der Waals surface area contributed by atoms with Gasteiger partial charge in [0.2, 0.25) is 5.69 Å². The van der Waals surface area contributed by atoms with E-state index in [2.05, 4.69) is 10.2 Å². The number of benzene rings is 2. The molecule has 10 nitrogen and oxygen atoms in total. The normalized spacial score (nSPS) is 10.6. The maximum atomic E-state index is 11.7. The Balaban J connectivity index is 2.07. The van der Waals surface area contributed by atoms with Gasteiger partial charge in [0.05, 0.1) is 11.5 Å². The highest BCUT2D eigenvalue weighted by Crippen LogP contribution is 2.25. The minimum atomic E-state index is -1.32. The number of anilines is 1. The van der Waals surface area contributed by atoms with Crippen LogP contribution in [0.1, 0.15) is 16.1 Å². The minimum absolute atomic E-state index is 0.0172. The second kappa shape index (κ2) is 8.27. The number of rotatable bonds is 8. The third-order valence-electron chi connectivity index (χ3n) is 3.98. The van der Waals surface area contributed by atoms with Crippen molar-refractivity contribution in [3.8, 4) is 5.69 Å². The summed E-state index contributed by atoms with van der Waals surface area (Å²) in [5, 5.41) is 38.4. The van der Waals surface area contributed by atoms with Gasteiger partial charge in [-0.05, 0) is 11.6 Å². The highest BCUT2D eigenvalue weighted by Gasteiger charge is 2.26. The van der Waals surface area contributed by atoms with E-state index >= 15 is 0 Å². The van der Waals surface area contributed by atoms with Crippen molar-refractivity contribution < 1.29 is 19.9 Å². The van der Waals surface area contributed by atoms with Crippen molar-refractivity contribution in [2.75, 3.05) is 18.1 Å². The molecule has 0 atom stereocenters. The van der Waals surface area contributed by atoms with Gasteiger partial charge in [-0.1, -0.05) is 42.5 Å². The fraction of sp³-hybridized carbons (Fsp3) is 0.167. The fourth-order valence-corrected chi connectivity index (χ4v) is 2.73. The highest BCUT2D eigenvalue weighted by molar-refractivity contribution is 5.91. The third kappa shape index (κ3) is 3.96. The van der Waals surface area contributed by atoms with Crippen molar-refractivity contribution in [1.29, 1.82) is 0 Å². The Morgan fingerprint density at radius 1 is 1.11 bits per heavy atom. The lowest BCUT2D eigenvalue weighted by Crippen LogP contribution is -2.28. The van der Waals surface area contributed by atoms with E-state index in [1.807, 2.05) is 30.3 Å². The van der Waals surface area contributed by atoms with Gasteiger partial charge in [-0.25, -0.2) is 4.79 Å². The number of carbonyl (C=O) groups is 1. The first-order valence-corrected chi connectivity index (χ1v) is 8.35. The van der Waals surface area contributed by atoms with Crippen molar-refractivity contribution in [3.05, 3.63) is 76.0 Å². The van der Waals surface area contributed by atoms with E-state index in [1.54, 1.807) is 11.0 Å². The molecule has 28 heavy (non-hydrogen) atoms. The number of hydrogen-bond donors (Lipinski definition) is 2. The lowest BCUT2D eigenvalue weighted by molar-refractivity contribution is -0.384. The summed E-state index contributed by atoms with van der Waals surface area (Å²) in [4.78, 5) is 24.9. The third-order valence-corrected chi connectivity index (χ3v) is 3.98. The van der Waals surface area contributed by atoms with E-state index in [0.717, 1.165) is 10.4 Å². The zero-order chi connectivity index (χ0) is 20.1. The highest BCUT2D eigenvalue weighted by atomic mass is 16.6. The molecular weight excluding hydrogens is 366 g/mol. The molecule has 0 aliphatic heterocycles. The van der Waals surface area contributed by atoms with Crippen LogP contribution in [0.4, 0.5) is 11.5 Å². The van der Waals surface area contributed by atoms with Gasteiger partial charge in [0, 0.05) is 19.2 Å². The van der Waals surface area contributed by atoms with Gasteiger partial charge in [-0.3, -0.25) is 10.1 Å². The second-order valence-electron chi connectivity index (χ2n) is 5.84. The van der Waals surface area contributed by atoms with E-state index in [1.165, 1.54) is 18.2 Å². The molecule has 0 bridgehead atoms. The van der Waals surface area contributed by atoms with Gasteiger partial charge in [-0.2, -0.15) is 0 Å². The summed E-state index contributed by atoms with van der Waals surface area (Å²) in [5.41, 5.74) is 0.317. The molecule has 2 aromatic carbocycles. The molecule has 1 aromatic heterocycles. The summed E-state index contributed by atoms with van der Waals surface area (Å²) in [6, 6.07) is 15.0. The largest absolute Gasteiger partial charge is 0.476 e. The number of aliphatic hydroxyl groups excluding tert-OH is 1. The van der Waals surface area contributed by atoms with Crippen LogP contribution in [-0.2, 0) is 6.54 Å². The van der Waals surface area contributed by atoms with Crippen LogP contribution in [0.2, 0.25) is 0 Å². The average molecular weight is 383 g/mol. The van der Waals surface area contributed by atoms with Crippen LogP contribution < -0.4 is 4.90 Å². The number of hydrogen-bond acceptors (Lipinski definition) is 7. The second-order valence-corrected chi connectivity index (χ2v) is 5.84. The van der Waals surface area contributed by atoms with Crippen LogP contribution in [0.25, 0.3) is 5.69 Å². The van der Waals surface area contributed by atoms with Crippen molar-refractivity contribution in [1.82, 2.24) is 15.0 Å². The van der Waals surface area contributed by atoms with Crippen LogP contribution in [0, 0.1) is 10.1 Å². The Bertz CT molecular complexity index is 989. The lowest BCUT2D eigenvalue weighted by Gasteiger charge is -2.21. The maximum Gasteiger partial charge on any atom is 0.360 e. The summed E-state index contributed by atoms with van der Waals surface area (Å²) >= 11 is 0. The van der Waals surface area contributed by atoms with E-state index in [9.17, 15) is 25.1 Å². The van der Waals surface area contributed by atoms with Gasteiger partial charge in [0.1, 0.15) is 0 Å². The number of aromatic nitrogens is 3. The quantitative estimate of drug-likeness (QED) is 0.445. The van der Waals surface area contributed by atoms with Crippen LogP contribution in [0.3, 0.4) is 0 Å². The number of carboxylic acid groups (broad SMARTS) is 1. The molecule has 3 aromatic rings. The van der Waals surface area contributed by atoms with Gasteiger partial charge in [0.15, 0.2) is 11.5 Å². The molecule has 0 radical (unpaired) electrons. The van der Waals surface area contributed by atoms with Gasteiger partial charge in [-0.15, -0.1) is 15.0 Å². The Morgan fingerprint density at radius 2 is 1.79 bits per heavy atom. The SMILES string of the molecule is O=C(O)c1nn(-c2ccccc2[N+](=O)[O-])nc1N(CCO)Cc1ccccc1. The van der Waals surface area contributed by atoms with Gasteiger partial charge >= 0.3 is 5.97 Å². The molecule has 0 saturated heterocycles. The standard InChI is InChI=1S/C18H17N5O5/c24-11-10-21(12-13-6-2-1-3-7-13)17-16(18(25)26)19-22(20-17)14-8-4-5-9-15(14)23(27)28/h1-9,24H,10-12H2,(H,25,26). The Labute approximate surface area is 159 Å². The maximum absolute atomic E-state index is 11.7. The molecule has 0 fully saturated rings. The number of para-hydroxylation sites is 2. The predicted octanol–water partition coefficient (Wildman–Crippen LogP) is 1.87. The van der Waals surface area contributed by atoms with E-state index in [0.29, 0.717) is 0 Å². The summed E-state index contributed by atoms with van der Waals surface area (Å²) in [6.07, 6.45) is 0. The molecule has 2 N–H and O–H groups in total. The molecule has 1 heterocycles. The van der Waals surface area contributed by atoms with E-state index in [-0.39, 0.29) is 42.6 Å². The number of aliphatic hydroxyl groups is 1. The smallest absolute Gasteiger partial charge is 0.360 e. The molecule has 10 heteroatoms. The van der Waals surface area contributed by atoms with Crippen LogP contribution in [0.15, 0.2) is 54.6 Å². The lowest BCUT2D eigenvalue weighted by atomic mass is 10.2. The van der Waals surface area contributed by atoms with Gasteiger partial charge < -0.3 is 15.1 Å².